The summed E-state index contributed by atoms with van der Waals surface area (Å²) in [6.45, 7) is 3.33. The zero-order valence-corrected chi connectivity index (χ0v) is 13.0. The van der Waals surface area contributed by atoms with Gasteiger partial charge in [0.25, 0.3) is 0 Å². The molecule has 5 heteroatoms. The van der Waals surface area contributed by atoms with E-state index in [0.717, 1.165) is 5.76 Å². The molecule has 1 aromatic heterocycles. The fourth-order valence-corrected chi connectivity index (χ4v) is 2.03. The van der Waals surface area contributed by atoms with Crippen LogP contribution < -0.4 is 0 Å². The van der Waals surface area contributed by atoms with Crippen LogP contribution in [0.15, 0.2) is 46.9 Å². The van der Waals surface area contributed by atoms with E-state index in [1.54, 1.807) is 37.3 Å². The number of aryl methyl sites for hydroxylation is 1. The fourth-order valence-electron chi connectivity index (χ4n) is 1.84. The molecule has 0 bridgehead atoms. The Balaban J connectivity index is 1.96. The highest BCUT2D eigenvalue weighted by Crippen LogP contribution is 2.14. The number of halogens is 1. The van der Waals surface area contributed by atoms with Crippen LogP contribution in [0, 0.1) is 6.92 Å². The molecule has 0 N–H and O–H groups in total. The van der Waals surface area contributed by atoms with Crippen molar-refractivity contribution >= 4 is 29.4 Å². The van der Waals surface area contributed by atoms with Crippen molar-refractivity contribution in [2.45, 2.75) is 20.0 Å². The lowest BCUT2D eigenvalue weighted by atomic mass is 10.1. The molecule has 22 heavy (non-hydrogen) atoms. The van der Waals surface area contributed by atoms with Gasteiger partial charge in [-0.05, 0) is 44.2 Å². The summed E-state index contributed by atoms with van der Waals surface area (Å²) in [6, 6.07) is 10.0. The van der Waals surface area contributed by atoms with Crippen LogP contribution in [0.1, 0.15) is 28.8 Å². The molecular weight excluding hydrogens is 304 g/mol. The second-order valence-corrected chi connectivity index (χ2v) is 5.17. The van der Waals surface area contributed by atoms with E-state index in [9.17, 15) is 9.59 Å². The zero-order chi connectivity index (χ0) is 16.1. The van der Waals surface area contributed by atoms with Crippen LogP contribution in [0.5, 0.6) is 0 Å². The first kappa shape index (κ1) is 16.0. The second kappa shape index (κ2) is 7.09. The van der Waals surface area contributed by atoms with E-state index in [-0.39, 0.29) is 5.78 Å². The monoisotopic (exact) mass is 318 g/mol. The molecule has 0 spiro atoms. The minimum absolute atomic E-state index is 0.307. The third kappa shape index (κ3) is 4.33. The van der Waals surface area contributed by atoms with Crippen molar-refractivity contribution in [1.29, 1.82) is 0 Å². The first-order valence-electron chi connectivity index (χ1n) is 6.70. The molecule has 0 fully saturated rings. The topological polar surface area (TPSA) is 56.5 Å². The molecule has 0 aliphatic rings. The van der Waals surface area contributed by atoms with Gasteiger partial charge in [0, 0.05) is 16.7 Å². The average Bonchev–Trinajstić information content (AvgIpc) is 2.90. The molecule has 114 valence electrons. The predicted molar refractivity (Wildman–Crippen MR) is 83.8 cm³/mol. The van der Waals surface area contributed by atoms with Gasteiger partial charge in [0.15, 0.2) is 6.10 Å². The molecule has 2 aromatic rings. The number of ketones is 1. The fraction of sp³-hybridized carbons (Fsp3) is 0.176. The maximum atomic E-state index is 12.1. The van der Waals surface area contributed by atoms with Crippen molar-refractivity contribution in [3.8, 4) is 0 Å². The number of furan rings is 1. The van der Waals surface area contributed by atoms with Crippen molar-refractivity contribution in [2.75, 3.05) is 0 Å². The van der Waals surface area contributed by atoms with Crippen LogP contribution >= 0.6 is 11.6 Å². The SMILES string of the molecule is Cc1ccc(C=CC(=O)OC(C)C(=O)c2cccc(Cl)c2)o1. The number of Topliss-reactive ketones (excluding diaryl/α,β-unsaturated/α-hetero) is 1. The largest absolute Gasteiger partial charge is 0.462 e. The van der Waals surface area contributed by atoms with E-state index < -0.39 is 12.1 Å². The average molecular weight is 319 g/mol. The van der Waals surface area contributed by atoms with Gasteiger partial charge in [0.05, 0.1) is 0 Å². The van der Waals surface area contributed by atoms with E-state index in [1.807, 2.05) is 0 Å². The van der Waals surface area contributed by atoms with E-state index in [0.29, 0.717) is 16.3 Å². The van der Waals surface area contributed by atoms with Crippen LogP contribution in [0.25, 0.3) is 6.08 Å². The van der Waals surface area contributed by atoms with Crippen molar-refractivity contribution in [3.05, 3.63) is 64.6 Å². The molecular formula is C17H15ClO4. The van der Waals surface area contributed by atoms with Gasteiger partial charge in [0.1, 0.15) is 11.5 Å². The Labute approximate surface area is 133 Å². The van der Waals surface area contributed by atoms with Gasteiger partial charge >= 0.3 is 5.97 Å². The van der Waals surface area contributed by atoms with Crippen molar-refractivity contribution in [2.24, 2.45) is 0 Å². The minimum Gasteiger partial charge on any atom is -0.462 e. The number of carbonyl (C=O) groups excluding carboxylic acids is 2. The van der Waals surface area contributed by atoms with Crippen molar-refractivity contribution in [1.82, 2.24) is 0 Å². The van der Waals surface area contributed by atoms with Crippen LogP contribution in [0.4, 0.5) is 0 Å². The summed E-state index contributed by atoms with van der Waals surface area (Å²) >= 11 is 5.84. The quantitative estimate of drug-likeness (QED) is 0.474. The lowest BCUT2D eigenvalue weighted by Crippen LogP contribution is -2.23. The van der Waals surface area contributed by atoms with Crippen molar-refractivity contribution < 1.29 is 18.7 Å². The predicted octanol–water partition coefficient (Wildman–Crippen LogP) is 4.07. The van der Waals surface area contributed by atoms with Gasteiger partial charge < -0.3 is 9.15 Å². The van der Waals surface area contributed by atoms with Gasteiger partial charge in [-0.2, -0.15) is 0 Å². The highest BCUT2D eigenvalue weighted by atomic mass is 35.5. The molecule has 1 unspecified atom stereocenters. The summed E-state index contributed by atoms with van der Waals surface area (Å²) in [5.74, 6) is 0.371. The Kier molecular flexibility index (Phi) is 5.17. The maximum absolute atomic E-state index is 12.1. The van der Waals surface area contributed by atoms with Crippen LogP contribution in [0.3, 0.4) is 0 Å². The van der Waals surface area contributed by atoms with E-state index in [1.165, 1.54) is 25.1 Å². The maximum Gasteiger partial charge on any atom is 0.331 e. The number of carbonyl (C=O) groups is 2. The Morgan fingerprint density at radius 1 is 1.27 bits per heavy atom. The molecule has 1 atom stereocenters. The zero-order valence-electron chi connectivity index (χ0n) is 12.2. The highest BCUT2D eigenvalue weighted by Gasteiger charge is 2.18. The van der Waals surface area contributed by atoms with Crippen molar-refractivity contribution in [3.63, 3.8) is 0 Å². The molecule has 1 aromatic carbocycles. The van der Waals surface area contributed by atoms with Gasteiger partial charge in [-0.1, -0.05) is 23.7 Å². The molecule has 0 radical (unpaired) electrons. The standard InChI is InChI=1S/C17H15ClO4/c1-11-6-7-15(21-11)8-9-16(19)22-12(2)17(20)13-4-3-5-14(18)10-13/h3-10,12H,1-2H3. The molecule has 0 saturated heterocycles. The minimum atomic E-state index is -0.894. The lowest BCUT2D eigenvalue weighted by molar-refractivity contribution is -0.140. The van der Waals surface area contributed by atoms with E-state index >= 15 is 0 Å². The van der Waals surface area contributed by atoms with Crippen LogP contribution in [-0.2, 0) is 9.53 Å². The molecule has 4 nitrogen and oxygen atoms in total. The van der Waals surface area contributed by atoms with Gasteiger partial charge in [0.2, 0.25) is 5.78 Å². The molecule has 0 aliphatic heterocycles. The summed E-state index contributed by atoms with van der Waals surface area (Å²) in [5.41, 5.74) is 0.401. The highest BCUT2D eigenvalue weighted by molar-refractivity contribution is 6.31. The Hall–Kier alpha value is -2.33. The number of benzene rings is 1. The van der Waals surface area contributed by atoms with E-state index in [4.69, 9.17) is 20.8 Å². The third-order valence-corrected chi connectivity index (χ3v) is 3.15. The molecule has 0 aliphatic carbocycles. The molecule has 2 rings (SSSR count). The smallest absolute Gasteiger partial charge is 0.331 e. The third-order valence-electron chi connectivity index (χ3n) is 2.92. The Bertz CT molecular complexity index is 715. The Morgan fingerprint density at radius 2 is 2.05 bits per heavy atom. The first-order valence-corrected chi connectivity index (χ1v) is 7.08. The first-order chi connectivity index (χ1) is 10.5. The summed E-state index contributed by atoms with van der Waals surface area (Å²) in [7, 11) is 0. The Morgan fingerprint density at radius 3 is 2.68 bits per heavy atom. The summed E-state index contributed by atoms with van der Waals surface area (Å²) in [4.78, 5) is 23.8. The van der Waals surface area contributed by atoms with Gasteiger partial charge in [-0.25, -0.2) is 4.79 Å². The summed E-state index contributed by atoms with van der Waals surface area (Å²) in [5, 5.41) is 0.456. The van der Waals surface area contributed by atoms with Gasteiger partial charge in [-0.3, -0.25) is 4.79 Å². The number of ether oxygens (including phenoxy) is 1. The van der Waals surface area contributed by atoms with Crippen LogP contribution in [0.2, 0.25) is 5.02 Å². The van der Waals surface area contributed by atoms with Gasteiger partial charge in [-0.15, -0.1) is 0 Å². The number of hydrogen-bond acceptors (Lipinski definition) is 4. The second-order valence-electron chi connectivity index (χ2n) is 4.74. The molecule has 0 amide bonds. The number of hydrogen-bond donors (Lipinski definition) is 0. The normalized spacial score (nSPS) is 12.3. The molecule has 0 saturated carbocycles. The summed E-state index contributed by atoms with van der Waals surface area (Å²) < 4.78 is 10.4. The van der Waals surface area contributed by atoms with Crippen LogP contribution in [-0.4, -0.2) is 17.9 Å². The summed E-state index contributed by atoms with van der Waals surface area (Å²) in [6.07, 6.45) is 1.82. The lowest BCUT2D eigenvalue weighted by Gasteiger charge is -2.10. The number of rotatable bonds is 5. The number of esters is 1. The van der Waals surface area contributed by atoms with E-state index in [2.05, 4.69) is 0 Å². The molecule has 1 heterocycles.